The Balaban J connectivity index is 1.97. The van der Waals surface area contributed by atoms with E-state index < -0.39 is 0 Å². The number of nitrogens with zero attached hydrogens (tertiary/aromatic N) is 2. The number of nitrogens with two attached hydrogens (primary N) is 1. The summed E-state index contributed by atoms with van der Waals surface area (Å²) >= 11 is 10.8. The minimum absolute atomic E-state index is 0.525. The number of thiophene rings is 1. The number of halogens is 1. The van der Waals surface area contributed by atoms with Gasteiger partial charge in [-0.1, -0.05) is 28.8 Å². The molecular weight excluding hydrogens is 402 g/mol. The fraction of sp³-hybridized carbons (Fsp3) is 0.333. The molecule has 1 aliphatic rings. The van der Waals surface area contributed by atoms with Crippen LogP contribution in [0.5, 0.6) is 0 Å². The Morgan fingerprint density at radius 3 is 2.54 bits per heavy atom. The number of aromatic nitrogens is 2. The number of hydrogen-bond donors (Lipinski definition) is 1. The van der Waals surface area contributed by atoms with E-state index in [-0.39, 0.29) is 0 Å². The Morgan fingerprint density at radius 1 is 1.08 bits per heavy atom. The highest BCUT2D eigenvalue weighted by Crippen LogP contribution is 2.38. The number of aryl methyl sites for hydroxylation is 2. The second-order valence-corrected chi connectivity index (χ2v) is 8.55. The summed E-state index contributed by atoms with van der Waals surface area (Å²) in [6.07, 6.45) is 7.34. The molecule has 3 nitrogen and oxygen atoms in total. The molecule has 0 fully saturated rings. The monoisotopic (exact) mass is 419 g/mol. The second-order valence-electron chi connectivity index (χ2n) is 6.19. The number of nitrogen functional groups attached to an aromatic ring is 1. The summed E-state index contributed by atoms with van der Waals surface area (Å²) in [5.74, 6) is 0.727. The molecule has 0 atom stereocenters. The highest BCUT2D eigenvalue weighted by Gasteiger charge is 2.19. The van der Waals surface area contributed by atoms with E-state index in [1.807, 2.05) is 28.8 Å². The van der Waals surface area contributed by atoms with Gasteiger partial charge in [0.2, 0.25) is 4.77 Å². The number of rotatable bonds is 1. The Labute approximate surface area is 158 Å². The highest BCUT2D eigenvalue weighted by atomic mass is 79.9. The lowest BCUT2D eigenvalue weighted by Gasteiger charge is -2.14. The molecule has 0 bridgehead atoms. The van der Waals surface area contributed by atoms with E-state index in [2.05, 4.69) is 15.9 Å². The van der Waals surface area contributed by atoms with Crippen LogP contribution < -0.4 is 5.73 Å². The lowest BCUT2D eigenvalue weighted by atomic mass is 9.98. The van der Waals surface area contributed by atoms with Crippen molar-refractivity contribution in [1.29, 1.82) is 0 Å². The van der Waals surface area contributed by atoms with E-state index in [1.54, 1.807) is 11.3 Å². The Morgan fingerprint density at radius 2 is 1.79 bits per heavy atom. The zero-order valence-corrected chi connectivity index (χ0v) is 16.4. The first-order valence-electron chi connectivity index (χ1n) is 8.24. The summed E-state index contributed by atoms with van der Waals surface area (Å²) in [7, 11) is 0. The normalized spacial score (nSPS) is 15.0. The van der Waals surface area contributed by atoms with Crippen LogP contribution in [0.3, 0.4) is 0 Å². The van der Waals surface area contributed by atoms with E-state index in [0.717, 1.165) is 39.0 Å². The molecule has 1 aromatic carbocycles. The van der Waals surface area contributed by atoms with E-state index in [4.69, 9.17) is 22.9 Å². The Hall–Kier alpha value is -1.24. The average molecular weight is 420 g/mol. The summed E-state index contributed by atoms with van der Waals surface area (Å²) in [6.45, 7) is 0. The minimum Gasteiger partial charge on any atom is -0.384 e. The van der Waals surface area contributed by atoms with Crippen molar-refractivity contribution in [3.63, 3.8) is 0 Å². The minimum atomic E-state index is 0.525. The van der Waals surface area contributed by atoms with Crippen LogP contribution in [0.25, 0.3) is 15.9 Å². The predicted molar refractivity (Wildman–Crippen MR) is 108 cm³/mol. The third kappa shape index (κ3) is 2.80. The van der Waals surface area contributed by atoms with Gasteiger partial charge >= 0.3 is 0 Å². The zero-order chi connectivity index (χ0) is 16.7. The van der Waals surface area contributed by atoms with Gasteiger partial charge in [0, 0.05) is 15.0 Å². The van der Waals surface area contributed by atoms with Crippen LogP contribution in [0.4, 0.5) is 5.82 Å². The van der Waals surface area contributed by atoms with Crippen molar-refractivity contribution in [2.45, 2.75) is 38.5 Å². The first-order chi connectivity index (χ1) is 11.6. The molecule has 1 aliphatic carbocycles. The maximum Gasteiger partial charge on any atom is 0.207 e. The van der Waals surface area contributed by atoms with Gasteiger partial charge < -0.3 is 5.73 Å². The standard InChI is InChI=1S/C18H18BrN3S2/c19-11-7-9-12(10-8-11)22-16(20)15-13-5-3-1-2-4-6-14(13)24-17(15)21-18(22)23/h7-10H,1-6,20H2. The van der Waals surface area contributed by atoms with E-state index >= 15 is 0 Å². The predicted octanol–water partition coefficient (Wildman–Crippen LogP) is 5.82. The maximum absolute atomic E-state index is 6.60. The van der Waals surface area contributed by atoms with Crippen molar-refractivity contribution in [3.05, 3.63) is 43.9 Å². The van der Waals surface area contributed by atoms with Crippen LogP contribution in [0.1, 0.15) is 36.1 Å². The van der Waals surface area contributed by atoms with Gasteiger partial charge in [-0.2, -0.15) is 0 Å². The van der Waals surface area contributed by atoms with Crippen LogP contribution in [0, 0.1) is 4.77 Å². The van der Waals surface area contributed by atoms with Crippen molar-refractivity contribution in [2.24, 2.45) is 0 Å². The second kappa shape index (κ2) is 6.58. The van der Waals surface area contributed by atoms with Crippen molar-refractivity contribution in [1.82, 2.24) is 9.55 Å². The van der Waals surface area contributed by atoms with Gasteiger partial charge in [-0.25, -0.2) is 4.98 Å². The van der Waals surface area contributed by atoms with Crippen LogP contribution in [0.15, 0.2) is 28.7 Å². The van der Waals surface area contributed by atoms with Crippen LogP contribution in [0.2, 0.25) is 0 Å². The third-order valence-electron chi connectivity index (χ3n) is 4.62. The molecule has 3 aromatic rings. The molecule has 0 amide bonds. The van der Waals surface area contributed by atoms with Crippen LogP contribution in [-0.4, -0.2) is 9.55 Å². The van der Waals surface area contributed by atoms with E-state index in [0.29, 0.717) is 4.77 Å². The summed E-state index contributed by atoms with van der Waals surface area (Å²) < 4.78 is 3.46. The fourth-order valence-electron chi connectivity index (χ4n) is 3.44. The summed E-state index contributed by atoms with van der Waals surface area (Å²) in [5, 5.41) is 1.12. The number of benzene rings is 1. The molecule has 2 aromatic heterocycles. The van der Waals surface area contributed by atoms with Crippen molar-refractivity contribution >= 4 is 55.5 Å². The maximum atomic E-state index is 6.60. The summed E-state index contributed by atoms with van der Waals surface area (Å²) in [6, 6.07) is 8.03. The van der Waals surface area contributed by atoms with Gasteiger partial charge in [-0.15, -0.1) is 11.3 Å². The number of anilines is 1. The zero-order valence-electron chi connectivity index (χ0n) is 13.2. The molecule has 0 spiro atoms. The quantitative estimate of drug-likeness (QED) is 0.505. The molecule has 4 rings (SSSR count). The van der Waals surface area contributed by atoms with Gasteiger partial charge in [0.05, 0.1) is 5.39 Å². The first kappa shape index (κ1) is 16.2. The average Bonchev–Trinajstić information content (AvgIpc) is 2.86. The van der Waals surface area contributed by atoms with Gasteiger partial charge in [0.1, 0.15) is 10.6 Å². The number of hydrogen-bond acceptors (Lipinski definition) is 4. The van der Waals surface area contributed by atoms with Crippen LogP contribution >= 0.6 is 39.5 Å². The molecule has 24 heavy (non-hydrogen) atoms. The molecule has 2 N–H and O–H groups in total. The van der Waals surface area contributed by atoms with Gasteiger partial charge in [-0.05, 0) is 67.7 Å². The largest absolute Gasteiger partial charge is 0.384 e. The van der Waals surface area contributed by atoms with Gasteiger partial charge in [-0.3, -0.25) is 4.57 Å². The first-order valence-corrected chi connectivity index (χ1v) is 10.3. The molecule has 0 radical (unpaired) electrons. The molecular formula is C18H18BrN3S2. The molecule has 0 aliphatic heterocycles. The topological polar surface area (TPSA) is 43.8 Å². The highest BCUT2D eigenvalue weighted by molar-refractivity contribution is 9.10. The van der Waals surface area contributed by atoms with E-state index in [1.165, 1.54) is 36.1 Å². The van der Waals surface area contributed by atoms with Crippen molar-refractivity contribution in [3.8, 4) is 5.69 Å². The van der Waals surface area contributed by atoms with Gasteiger partial charge in [0.15, 0.2) is 0 Å². The van der Waals surface area contributed by atoms with Crippen molar-refractivity contribution in [2.75, 3.05) is 5.73 Å². The lowest BCUT2D eigenvalue weighted by Crippen LogP contribution is -2.08. The molecule has 0 unspecified atom stereocenters. The van der Waals surface area contributed by atoms with Crippen LogP contribution in [-0.2, 0) is 12.8 Å². The molecule has 0 saturated heterocycles. The van der Waals surface area contributed by atoms with Gasteiger partial charge in [0.25, 0.3) is 0 Å². The Bertz CT molecular complexity index is 957. The van der Waals surface area contributed by atoms with Crippen molar-refractivity contribution < 1.29 is 0 Å². The molecule has 124 valence electrons. The third-order valence-corrected chi connectivity index (χ3v) is 6.61. The smallest absolute Gasteiger partial charge is 0.207 e. The van der Waals surface area contributed by atoms with E-state index in [9.17, 15) is 0 Å². The summed E-state index contributed by atoms with van der Waals surface area (Å²) in [5.41, 5.74) is 8.96. The summed E-state index contributed by atoms with van der Waals surface area (Å²) in [4.78, 5) is 7.15. The molecule has 0 saturated carbocycles. The molecule has 6 heteroatoms. The molecule has 2 heterocycles. The number of fused-ring (bicyclic) bond motifs is 3. The fourth-order valence-corrected chi connectivity index (χ4v) is 5.33. The Kier molecular flexibility index (Phi) is 4.45. The SMILES string of the molecule is Nc1c2c3c(sc2nc(=S)n1-c1ccc(Br)cc1)CCCCCC3. The lowest BCUT2D eigenvalue weighted by molar-refractivity contribution is 0.624.